The smallest absolute Gasteiger partial charge is 0.406 e. The highest BCUT2D eigenvalue weighted by Gasteiger charge is 2.30. The lowest BCUT2D eigenvalue weighted by atomic mass is 10.2. The molecule has 0 aliphatic rings. The van der Waals surface area contributed by atoms with Crippen LogP contribution >= 0.6 is 11.5 Å². The number of hydrogen-bond donors (Lipinski definition) is 1. The molecule has 3 aromatic rings. The molecule has 136 valence electrons. The Morgan fingerprint density at radius 2 is 1.88 bits per heavy atom. The fraction of sp³-hybridized carbons (Fsp3) is 0.125. The number of rotatable bonds is 5. The second-order valence-corrected chi connectivity index (χ2v) is 6.16. The number of aromatic nitrogens is 2. The molecule has 0 spiro atoms. The van der Waals surface area contributed by atoms with Gasteiger partial charge < -0.3 is 10.1 Å². The average molecular weight is 385 g/mol. The normalized spacial score (nSPS) is 11.4. The van der Waals surface area contributed by atoms with Gasteiger partial charge in [-0.3, -0.25) is 0 Å². The summed E-state index contributed by atoms with van der Waals surface area (Å²) in [6.45, 7) is 0.161. The summed E-state index contributed by atoms with van der Waals surface area (Å²) in [6, 6.07) is 10.9. The lowest BCUT2D eigenvalue weighted by Gasteiger charge is -2.09. The van der Waals surface area contributed by atoms with Crippen LogP contribution in [0.4, 0.5) is 28.4 Å². The number of halogens is 4. The Morgan fingerprint density at radius 1 is 1.15 bits per heavy atom. The van der Waals surface area contributed by atoms with Crippen molar-refractivity contribution < 1.29 is 22.3 Å². The third-order valence-corrected chi connectivity index (χ3v) is 4.03. The number of alkyl halides is 3. The maximum atomic E-state index is 13.2. The van der Waals surface area contributed by atoms with Crippen molar-refractivity contribution in [1.82, 2.24) is 8.94 Å². The van der Waals surface area contributed by atoms with Gasteiger partial charge in [0.1, 0.15) is 11.6 Å². The second kappa shape index (κ2) is 7.16. The van der Waals surface area contributed by atoms with E-state index in [4.69, 9.17) is 0 Å². The molecular formula is C16H11F4N3O2S. The molecular weight excluding hydrogens is 374 g/mol. The Labute approximate surface area is 148 Å². The molecule has 26 heavy (non-hydrogen) atoms. The maximum absolute atomic E-state index is 13.2. The SMILES string of the molecule is O=c1nc(Nc2ccc(OC(F)(F)F)cc2)sn1Cc1cccc(F)c1. The summed E-state index contributed by atoms with van der Waals surface area (Å²) in [5.41, 5.74) is 0.529. The van der Waals surface area contributed by atoms with Crippen LogP contribution in [0.3, 0.4) is 0 Å². The van der Waals surface area contributed by atoms with Gasteiger partial charge in [0.15, 0.2) is 0 Å². The van der Waals surface area contributed by atoms with Crippen molar-refractivity contribution in [1.29, 1.82) is 0 Å². The molecule has 0 unspecified atom stereocenters. The van der Waals surface area contributed by atoms with E-state index in [0.717, 1.165) is 23.7 Å². The highest BCUT2D eigenvalue weighted by atomic mass is 32.1. The summed E-state index contributed by atoms with van der Waals surface area (Å²) in [5.74, 6) is -0.757. The number of nitrogens with one attached hydrogen (secondary N) is 1. The van der Waals surface area contributed by atoms with Gasteiger partial charge in [-0.25, -0.2) is 13.1 Å². The Kier molecular flexibility index (Phi) is 4.94. The molecule has 1 aromatic heterocycles. The molecule has 1 N–H and O–H groups in total. The van der Waals surface area contributed by atoms with Gasteiger partial charge in [0.05, 0.1) is 6.54 Å². The van der Waals surface area contributed by atoms with E-state index in [2.05, 4.69) is 15.0 Å². The van der Waals surface area contributed by atoms with E-state index in [1.165, 1.54) is 28.2 Å². The van der Waals surface area contributed by atoms with Crippen molar-refractivity contribution in [2.45, 2.75) is 12.9 Å². The first-order valence-corrected chi connectivity index (χ1v) is 8.01. The summed E-state index contributed by atoms with van der Waals surface area (Å²) >= 11 is 1.02. The molecule has 1 heterocycles. The minimum Gasteiger partial charge on any atom is -0.406 e. The number of anilines is 2. The van der Waals surface area contributed by atoms with Crippen molar-refractivity contribution in [3.05, 3.63) is 70.4 Å². The highest BCUT2D eigenvalue weighted by molar-refractivity contribution is 7.10. The molecule has 3 rings (SSSR count). The minimum atomic E-state index is -4.76. The van der Waals surface area contributed by atoms with Gasteiger partial charge in [0, 0.05) is 5.69 Å². The second-order valence-electron chi connectivity index (χ2n) is 5.15. The summed E-state index contributed by atoms with van der Waals surface area (Å²) in [6.07, 6.45) is -4.76. The van der Waals surface area contributed by atoms with E-state index in [1.54, 1.807) is 12.1 Å². The van der Waals surface area contributed by atoms with E-state index < -0.39 is 17.9 Å². The van der Waals surface area contributed by atoms with Crippen LogP contribution in [0.1, 0.15) is 5.56 Å². The van der Waals surface area contributed by atoms with Crippen LogP contribution in [-0.4, -0.2) is 15.3 Å². The molecule has 0 saturated heterocycles. The Hall–Kier alpha value is -2.88. The summed E-state index contributed by atoms with van der Waals surface area (Å²) in [4.78, 5) is 15.7. The largest absolute Gasteiger partial charge is 0.573 e. The van der Waals surface area contributed by atoms with E-state index in [1.807, 2.05) is 0 Å². The van der Waals surface area contributed by atoms with Crippen LogP contribution in [0.25, 0.3) is 0 Å². The standard InChI is InChI=1S/C16H11F4N3O2S/c17-11-3-1-2-10(8-11)9-23-15(24)22-14(26-23)21-12-4-6-13(7-5-12)25-16(18,19)20/h1-8H,9H2,(H,21,22,24). The van der Waals surface area contributed by atoms with Crippen LogP contribution in [0, 0.1) is 5.82 Å². The zero-order valence-electron chi connectivity index (χ0n) is 13.0. The molecule has 0 radical (unpaired) electrons. The molecule has 0 amide bonds. The van der Waals surface area contributed by atoms with Gasteiger partial charge in [-0.05, 0) is 53.5 Å². The van der Waals surface area contributed by atoms with Crippen LogP contribution < -0.4 is 15.7 Å². The third kappa shape index (κ3) is 4.82. The molecule has 5 nitrogen and oxygen atoms in total. The van der Waals surface area contributed by atoms with Gasteiger partial charge in [0.25, 0.3) is 0 Å². The molecule has 0 atom stereocenters. The van der Waals surface area contributed by atoms with Crippen LogP contribution in [-0.2, 0) is 6.54 Å². The lowest BCUT2D eigenvalue weighted by Crippen LogP contribution is -2.17. The van der Waals surface area contributed by atoms with Crippen molar-refractivity contribution in [2.24, 2.45) is 0 Å². The van der Waals surface area contributed by atoms with Gasteiger partial charge in [-0.15, -0.1) is 13.2 Å². The molecule has 0 fully saturated rings. The van der Waals surface area contributed by atoms with E-state index in [0.29, 0.717) is 11.3 Å². The zero-order valence-corrected chi connectivity index (χ0v) is 13.8. The number of hydrogen-bond acceptors (Lipinski definition) is 5. The van der Waals surface area contributed by atoms with Gasteiger partial charge in [-0.2, -0.15) is 4.98 Å². The van der Waals surface area contributed by atoms with Gasteiger partial charge >= 0.3 is 12.1 Å². The third-order valence-electron chi connectivity index (χ3n) is 3.16. The fourth-order valence-electron chi connectivity index (χ4n) is 2.12. The minimum absolute atomic E-state index is 0.161. The topological polar surface area (TPSA) is 56.1 Å². The van der Waals surface area contributed by atoms with Crippen molar-refractivity contribution >= 4 is 22.4 Å². The first-order chi connectivity index (χ1) is 12.3. The monoisotopic (exact) mass is 385 g/mol. The Bertz CT molecular complexity index is 951. The number of ether oxygens (including phenoxy) is 1. The molecule has 2 aromatic carbocycles. The van der Waals surface area contributed by atoms with Crippen LogP contribution in [0.5, 0.6) is 5.75 Å². The molecule has 10 heteroatoms. The summed E-state index contributed by atoms with van der Waals surface area (Å²) < 4.78 is 54.7. The van der Waals surface area contributed by atoms with E-state index in [-0.39, 0.29) is 17.4 Å². The number of benzene rings is 2. The van der Waals surface area contributed by atoms with Crippen molar-refractivity contribution in [2.75, 3.05) is 5.32 Å². The lowest BCUT2D eigenvalue weighted by molar-refractivity contribution is -0.274. The Balaban J connectivity index is 1.70. The maximum Gasteiger partial charge on any atom is 0.573 e. The summed E-state index contributed by atoms with van der Waals surface area (Å²) in [7, 11) is 0. The fourth-order valence-corrected chi connectivity index (χ4v) is 2.95. The molecule has 0 bridgehead atoms. The predicted molar refractivity (Wildman–Crippen MR) is 88.3 cm³/mol. The van der Waals surface area contributed by atoms with Crippen LogP contribution in [0.2, 0.25) is 0 Å². The zero-order chi connectivity index (χ0) is 18.7. The first kappa shape index (κ1) is 17.9. The summed E-state index contributed by atoms with van der Waals surface area (Å²) in [5, 5.41) is 3.09. The molecule has 0 aliphatic carbocycles. The van der Waals surface area contributed by atoms with Gasteiger partial charge in [-0.1, -0.05) is 12.1 Å². The van der Waals surface area contributed by atoms with Crippen molar-refractivity contribution in [3.8, 4) is 5.75 Å². The molecule has 0 aliphatic heterocycles. The highest BCUT2D eigenvalue weighted by Crippen LogP contribution is 2.25. The van der Waals surface area contributed by atoms with E-state index in [9.17, 15) is 22.4 Å². The average Bonchev–Trinajstić information content (AvgIpc) is 2.87. The van der Waals surface area contributed by atoms with Gasteiger partial charge in [0.2, 0.25) is 5.13 Å². The molecule has 0 saturated carbocycles. The Morgan fingerprint density at radius 3 is 2.54 bits per heavy atom. The number of nitrogens with zero attached hydrogens (tertiary/aromatic N) is 2. The quantitative estimate of drug-likeness (QED) is 0.671. The van der Waals surface area contributed by atoms with E-state index >= 15 is 0 Å². The van der Waals surface area contributed by atoms with Crippen molar-refractivity contribution in [3.63, 3.8) is 0 Å². The predicted octanol–water partition coefficient (Wildman–Crippen LogP) is 4.13. The first-order valence-electron chi connectivity index (χ1n) is 7.24. The van der Waals surface area contributed by atoms with Crippen LogP contribution in [0.15, 0.2) is 53.3 Å².